The fraction of sp³-hybridized carbons (Fsp3) is 0.562. The Bertz CT molecular complexity index is 449. The number of piperidine rings is 1. The van der Waals surface area contributed by atoms with Crippen molar-refractivity contribution in [2.75, 3.05) is 19.6 Å². The van der Waals surface area contributed by atoms with Gasteiger partial charge >= 0.3 is 0 Å². The van der Waals surface area contributed by atoms with Gasteiger partial charge in [-0.1, -0.05) is 25.1 Å². The van der Waals surface area contributed by atoms with E-state index in [1.807, 2.05) is 11.8 Å². The minimum absolute atomic E-state index is 0.280. The molecular weight excluding hydrogens is 254 g/mol. The number of rotatable bonds is 3. The van der Waals surface area contributed by atoms with Gasteiger partial charge in [-0.25, -0.2) is 0 Å². The molecule has 0 aliphatic carbocycles. The van der Waals surface area contributed by atoms with Crippen LogP contribution in [0.25, 0.3) is 0 Å². The fourth-order valence-corrected chi connectivity index (χ4v) is 4.51. The van der Waals surface area contributed by atoms with Gasteiger partial charge in [-0.15, -0.1) is 11.8 Å². The van der Waals surface area contributed by atoms with Crippen LogP contribution in [0, 0.1) is 5.92 Å². The lowest BCUT2D eigenvalue weighted by molar-refractivity contribution is -0.126. The van der Waals surface area contributed by atoms with Crippen LogP contribution < -0.4 is 0 Å². The van der Waals surface area contributed by atoms with Crippen LogP contribution in [-0.2, 0) is 11.2 Å². The van der Waals surface area contributed by atoms with Crippen LogP contribution in [0.3, 0.4) is 0 Å². The molecule has 2 heterocycles. The lowest BCUT2D eigenvalue weighted by atomic mass is 9.94. The van der Waals surface area contributed by atoms with Gasteiger partial charge in [-0.3, -0.25) is 4.79 Å². The van der Waals surface area contributed by atoms with E-state index in [4.69, 9.17) is 0 Å². The van der Waals surface area contributed by atoms with Crippen molar-refractivity contribution in [1.29, 1.82) is 0 Å². The zero-order valence-electron chi connectivity index (χ0n) is 11.5. The number of fused-ring (bicyclic) bond motifs is 1. The van der Waals surface area contributed by atoms with E-state index in [1.165, 1.54) is 16.9 Å². The Morgan fingerprint density at radius 1 is 1.37 bits per heavy atom. The van der Waals surface area contributed by atoms with Crippen molar-refractivity contribution in [3.63, 3.8) is 0 Å². The molecule has 2 aliphatic rings. The Kier molecular flexibility index (Phi) is 3.94. The first-order valence-corrected chi connectivity index (χ1v) is 8.14. The van der Waals surface area contributed by atoms with E-state index in [9.17, 15) is 4.79 Å². The molecule has 3 rings (SSSR count). The number of nitrogens with zero attached hydrogens (tertiary/aromatic N) is 1. The van der Waals surface area contributed by atoms with Gasteiger partial charge in [-0.05, 0) is 24.5 Å². The fourth-order valence-electron chi connectivity index (χ4n) is 3.14. The highest BCUT2D eigenvalue weighted by Gasteiger charge is 2.29. The molecule has 19 heavy (non-hydrogen) atoms. The van der Waals surface area contributed by atoms with Gasteiger partial charge in [0.15, 0.2) is 0 Å². The molecule has 2 atom stereocenters. The Balaban J connectivity index is 1.58. The number of hydrogen-bond acceptors (Lipinski definition) is 3. The molecule has 3 heteroatoms. The minimum atomic E-state index is 0.280. The monoisotopic (exact) mass is 275 g/mol. The molecule has 2 unspecified atom stereocenters. The molecule has 0 aromatic heterocycles. The van der Waals surface area contributed by atoms with Crippen LogP contribution in [0.2, 0.25) is 0 Å². The molecular formula is C16H21NOS. The molecule has 1 aromatic rings. The van der Waals surface area contributed by atoms with Gasteiger partial charge in [0, 0.05) is 42.1 Å². The van der Waals surface area contributed by atoms with E-state index in [-0.39, 0.29) is 5.92 Å². The van der Waals surface area contributed by atoms with Crippen molar-refractivity contribution >= 4 is 17.5 Å². The summed E-state index contributed by atoms with van der Waals surface area (Å²) in [7, 11) is 0. The first-order valence-electron chi connectivity index (χ1n) is 7.26. The summed E-state index contributed by atoms with van der Waals surface area (Å²) in [5.74, 6) is 0.753. The van der Waals surface area contributed by atoms with E-state index in [2.05, 4.69) is 36.1 Å². The van der Waals surface area contributed by atoms with E-state index >= 15 is 0 Å². The molecule has 0 amide bonds. The number of carbonyl (C=O) groups is 1. The van der Waals surface area contributed by atoms with Crippen molar-refractivity contribution in [3.05, 3.63) is 29.8 Å². The van der Waals surface area contributed by atoms with Crippen LogP contribution in [0.15, 0.2) is 29.2 Å². The molecule has 1 saturated heterocycles. The second-order valence-corrected chi connectivity index (χ2v) is 6.97. The first-order chi connectivity index (χ1) is 9.26. The minimum Gasteiger partial charge on any atom is -0.301 e. The second-order valence-electron chi connectivity index (χ2n) is 5.63. The van der Waals surface area contributed by atoms with E-state index < -0.39 is 0 Å². The third kappa shape index (κ3) is 2.87. The van der Waals surface area contributed by atoms with Gasteiger partial charge in [0.2, 0.25) is 0 Å². The molecule has 0 radical (unpaired) electrons. The normalized spacial score (nSPS) is 27.5. The maximum absolute atomic E-state index is 11.8. The van der Waals surface area contributed by atoms with Crippen LogP contribution in [0.1, 0.15) is 25.3 Å². The maximum atomic E-state index is 11.8. The second kappa shape index (κ2) is 5.68. The third-order valence-electron chi connectivity index (χ3n) is 4.28. The summed E-state index contributed by atoms with van der Waals surface area (Å²) in [5, 5.41) is 0.670. The zero-order chi connectivity index (χ0) is 13.2. The topological polar surface area (TPSA) is 20.3 Å². The third-order valence-corrected chi connectivity index (χ3v) is 5.58. The van der Waals surface area contributed by atoms with E-state index in [1.54, 1.807) is 0 Å². The zero-order valence-corrected chi connectivity index (χ0v) is 12.3. The molecule has 102 valence electrons. The Morgan fingerprint density at radius 3 is 3.00 bits per heavy atom. The van der Waals surface area contributed by atoms with E-state index in [0.29, 0.717) is 11.0 Å². The van der Waals surface area contributed by atoms with Gasteiger partial charge in [0.1, 0.15) is 5.78 Å². The summed E-state index contributed by atoms with van der Waals surface area (Å²) in [6.45, 7) is 5.20. The highest BCUT2D eigenvalue weighted by molar-refractivity contribution is 8.00. The molecule has 2 aliphatic heterocycles. The molecule has 2 nitrogen and oxygen atoms in total. The summed E-state index contributed by atoms with van der Waals surface area (Å²) in [6, 6.07) is 8.74. The number of ketones is 1. The van der Waals surface area contributed by atoms with Crippen LogP contribution in [0.4, 0.5) is 0 Å². The average molecular weight is 275 g/mol. The summed E-state index contributed by atoms with van der Waals surface area (Å²) < 4.78 is 0. The van der Waals surface area contributed by atoms with Gasteiger partial charge in [-0.2, -0.15) is 0 Å². The molecule has 0 bridgehead atoms. The van der Waals surface area contributed by atoms with Crippen molar-refractivity contribution in [1.82, 2.24) is 4.90 Å². The van der Waals surface area contributed by atoms with Crippen molar-refractivity contribution in [2.24, 2.45) is 5.92 Å². The molecule has 1 aromatic carbocycles. The smallest absolute Gasteiger partial charge is 0.138 e. The first kappa shape index (κ1) is 13.2. The SMILES string of the molecule is CCC1CN(CC2Cc3ccccc3S2)CCC1=O. The average Bonchev–Trinajstić information content (AvgIpc) is 2.83. The molecule has 1 fully saturated rings. The highest BCUT2D eigenvalue weighted by atomic mass is 32.2. The standard InChI is InChI=1S/C16H21NOS/c1-2-12-10-17(8-7-15(12)18)11-14-9-13-5-3-4-6-16(13)19-14/h3-6,12,14H,2,7-11H2,1H3. The lowest BCUT2D eigenvalue weighted by Gasteiger charge is -2.32. The highest BCUT2D eigenvalue weighted by Crippen LogP contribution is 2.37. The Labute approximate surface area is 119 Å². The maximum Gasteiger partial charge on any atom is 0.138 e. The van der Waals surface area contributed by atoms with Crippen molar-refractivity contribution in [3.8, 4) is 0 Å². The number of thioether (sulfide) groups is 1. The van der Waals surface area contributed by atoms with Crippen molar-refractivity contribution < 1.29 is 4.79 Å². The van der Waals surface area contributed by atoms with Crippen LogP contribution >= 0.6 is 11.8 Å². The lowest BCUT2D eigenvalue weighted by Crippen LogP contribution is -2.43. The number of likely N-dealkylation sites (tertiary alicyclic amines) is 1. The molecule has 0 spiro atoms. The Hall–Kier alpha value is -0.800. The molecule has 0 N–H and O–H groups in total. The van der Waals surface area contributed by atoms with Crippen LogP contribution in [0.5, 0.6) is 0 Å². The van der Waals surface area contributed by atoms with Gasteiger partial charge in [0.05, 0.1) is 0 Å². The van der Waals surface area contributed by atoms with Gasteiger partial charge < -0.3 is 4.90 Å². The van der Waals surface area contributed by atoms with Gasteiger partial charge in [0.25, 0.3) is 0 Å². The number of Topliss-reactive ketones (excluding diaryl/α,β-unsaturated/α-hetero) is 1. The summed E-state index contributed by atoms with van der Waals surface area (Å²) in [6.07, 6.45) is 2.93. The quantitative estimate of drug-likeness (QED) is 0.846. The molecule has 0 saturated carbocycles. The summed E-state index contributed by atoms with van der Waals surface area (Å²) in [4.78, 5) is 15.7. The summed E-state index contributed by atoms with van der Waals surface area (Å²) in [5.41, 5.74) is 1.50. The van der Waals surface area contributed by atoms with Crippen molar-refractivity contribution in [2.45, 2.75) is 36.3 Å². The number of carbonyl (C=O) groups excluding carboxylic acids is 1. The summed E-state index contributed by atoms with van der Waals surface area (Å²) >= 11 is 2.01. The predicted molar refractivity (Wildman–Crippen MR) is 79.6 cm³/mol. The van der Waals surface area contributed by atoms with Crippen LogP contribution in [-0.4, -0.2) is 35.6 Å². The largest absolute Gasteiger partial charge is 0.301 e. The number of benzene rings is 1. The predicted octanol–water partition coefficient (Wildman–Crippen LogP) is 3.00. The Morgan fingerprint density at radius 2 is 2.21 bits per heavy atom. The number of hydrogen-bond donors (Lipinski definition) is 0. The van der Waals surface area contributed by atoms with E-state index in [0.717, 1.165) is 32.5 Å².